The standard InChI is InChI=1S/C15H15NO2S/c1-19-13-10-6-5-9-12(13)16-15(18)14(17)11-7-3-2-4-8-11/h2-10,14,17H,1H3,(H,16,18). The maximum atomic E-state index is 12.0. The molecule has 0 aliphatic rings. The second-order valence-electron chi connectivity index (χ2n) is 4.00. The fourth-order valence-corrected chi connectivity index (χ4v) is 2.29. The van der Waals surface area contributed by atoms with Crippen LogP contribution >= 0.6 is 11.8 Å². The molecule has 0 spiro atoms. The van der Waals surface area contributed by atoms with Crippen LogP contribution < -0.4 is 5.32 Å². The predicted molar refractivity (Wildman–Crippen MR) is 78.3 cm³/mol. The van der Waals surface area contributed by atoms with Gasteiger partial charge in [0.1, 0.15) is 0 Å². The molecular weight excluding hydrogens is 258 g/mol. The number of rotatable bonds is 4. The first-order chi connectivity index (χ1) is 9.22. The number of aliphatic hydroxyl groups is 1. The molecule has 0 saturated carbocycles. The van der Waals surface area contributed by atoms with Crippen molar-refractivity contribution in [2.45, 2.75) is 11.0 Å². The third-order valence-electron chi connectivity index (χ3n) is 2.73. The van der Waals surface area contributed by atoms with Gasteiger partial charge in [0.25, 0.3) is 5.91 Å². The van der Waals surface area contributed by atoms with Crippen LogP contribution in [0.1, 0.15) is 11.7 Å². The maximum Gasteiger partial charge on any atom is 0.257 e. The van der Waals surface area contributed by atoms with Gasteiger partial charge in [-0.2, -0.15) is 0 Å². The molecule has 3 nitrogen and oxygen atoms in total. The average molecular weight is 273 g/mol. The highest BCUT2D eigenvalue weighted by molar-refractivity contribution is 7.98. The van der Waals surface area contributed by atoms with E-state index in [0.29, 0.717) is 5.56 Å². The van der Waals surface area contributed by atoms with Crippen LogP contribution in [-0.2, 0) is 4.79 Å². The molecule has 0 heterocycles. The zero-order chi connectivity index (χ0) is 13.7. The number of amides is 1. The quantitative estimate of drug-likeness (QED) is 0.842. The summed E-state index contributed by atoms with van der Waals surface area (Å²) in [5.41, 5.74) is 1.30. The summed E-state index contributed by atoms with van der Waals surface area (Å²) in [6.45, 7) is 0. The van der Waals surface area contributed by atoms with Gasteiger partial charge in [-0.15, -0.1) is 11.8 Å². The molecule has 2 N–H and O–H groups in total. The van der Waals surface area contributed by atoms with E-state index in [0.717, 1.165) is 10.6 Å². The highest BCUT2D eigenvalue weighted by Crippen LogP contribution is 2.25. The Kier molecular flexibility index (Phi) is 4.60. The number of aliphatic hydroxyl groups excluding tert-OH is 1. The van der Waals surface area contributed by atoms with Gasteiger partial charge in [0.2, 0.25) is 0 Å². The fourth-order valence-electron chi connectivity index (χ4n) is 1.74. The molecular formula is C15H15NO2S. The summed E-state index contributed by atoms with van der Waals surface area (Å²) in [4.78, 5) is 13.0. The topological polar surface area (TPSA) is 49.3 Å². The first-order valence-electron chi connectivity index (χ1n) is 5.89. The van der Waals surface area contributed by atoms with Crippen LogP contribution in [0, 0.1) is 0 Å². The molecule has 1 amide bonds. The summed E-state index contributed by atoms with van der Waals surface area (Å²) in [6.07, 6.45) is 0.787. The van der Waals surface area contributed by atoms with Crippen molar-refractivity contribution in [3.05, 3.63) is 60.2 Å². The van der Waals surface area contributed by atoms with Gasteiger partial charge in [-0.25, -0.2) is 0 Å². The Hall–Kier alpha value is -1.78. The lowest BCUT2D eigenvalue weighted by Crippen LogP contribution is -2.21. The molecule has 2 aromatic carbocycles. The van der Waals surface area contributed by atoms with Crippen molar-refractivity contribution in [1.29, 1.82) is 0 Å². The number of para-hydroxylation sites is 1. The largest absolute Gasteiger partial charge is 0.378 e. The molecule has 1 atom stereocenters. The van der Waals surface area contributed by atoms with Gasteiger partial charge in [-0.05, 0) is 24.0 Å². The minimum atomic E-state index is -1.16. The lowest BCUT2D eigenvalue weighted by molar-refractivity contribution is -0.124. The van der Waals surface area contributed by atoms with Crippen LogP contribution in [-0.4, -0.2) is 17.3 Å². The van der Waals surface area contributed by atoms with Gasteiger partial charge >= 0.3 is 0 Å². The van der Waals surface area contributed by atoms with Crippen LogP contribution in [0.5, 0.6) is 0 Å². The molecule has 2 aromatic rings. The lowest BCUT2D eigenvalue weighted by Gasteiger charge is -2.13. The highest BCUT2D eigenvalue weighted by atomic mass is 32.2. The molecule has 0 fully saturated rings. The summed E-state index contributed by atoms with van der Waals surface area (Å²) in [5, 5.41) is 12.7. The number of hydrogen-bond acceptors (Lipinski definition) is 3. The smallest absolute Gasteiger partial charge is 0.257 e. The van der Waals surface area contributed by atoms with E-state index >= 15 is 0 Å². The third kappa shape index (κ3) is 3.36. The fraction of sp³-hybridized carbons (Fsp3) is 0.133. The molecule has 0 aromatic heterocycles. The monoisotopic (exact) mass is 273 g/mol. The van der Waals surface area contributed by atoms with Crippen molar-refractivity contribution in [2.24, 2.45) is 0 Å². The van der Waals surface area contributed by atoms with Gasteiger partial charge in [-0.1, -0.05) is 42.5 Å². The van der Waals surface area contributed by atoms with E-state index in [4.69, 9.17) is 0 Å². The summed E-state index contributed by atoms with van der Waals surface area (Å²) in [5.74, 6) is -0.423. The molecule has 1 unspecified atom stereocenters. The van der Waals surface area contributed by atoms with Crippen molar-refractivity contribution in [3.63, 3.8) is 0 Å². The molecule has 0 bridgehead atoms. The van der Waals surface area contributed by atoms with Crippen molar-refractivity contribution in [3.8, 4) is 0 Å². The SMILES string of the molecule is CSc1ccccc1NC(=O)C(O)c1ccccc1. The molecule has 19 heavy (non-hydrogen) atoms. The number of carbonyl (C=O) groups is 1. The Bertz CT molecular complexity index is 557. The van der Waals surface area contributed by atoms with Crippen LogP contribution in [0.25, 0.3) is 0 Å². The van der Waals surface area contributed by atoms with Gasteiger partial charge < -0.3 is 10.4 Å². The lowest BCUT2D eigenvalue weighted by atomic mass is 10.1. The Morgan fingerprint density at radius 1 is 1.11 bits per heavy atom. The summed E-state index contributed by atoms with van der Waals surface area (Å²) in [6, 6.07) is 16.4. The van der Waals surface area contributed by atoms with Crippen LogP contribution in [0.15, 0.2) is 59.5 Å². The van der Waals surface area contributed by atoms with Crippen molar-refractivity contribution >= 4 is 23.4 Å². The van der Waals surface area contributed by atoms with Crippen molar-refractivity contribution in [1.82, 2.24) is 0 Å². The van der Waals surface area contributed by atoms with Crippen molar-refractivity contribution in [2.75, 3.05) is 11.6 Å². The Morgan fingerprint density at radius 3 is 2.42 bits per heavy atom. The van der Waals surface area contributed by atoms with E-state index < -0.39 is 12.0 Å². The molecule has 98 valence electrons. The molecule has 0 aliphatic carbocycles. The Balaban J connectivity index is 2.13. The normalized spacial score (nSPS) is 11.9. The molecule has 4 heteroatoms. The van der Waals surface area contributed by atoms with Gasteiger partial charge in [0.05, 0.1) is 5.69 Å². The number of benzene rings is 2. The number of thioether (sulfide) groups is 1. The second-order valence-corrected chi connectivity index (χ2v) is 4.85. The van der Waals surface area contributed by atoms with Gasteiger partial charge in [0.15, 0.2) is 6.10 Å². The summed E-state index contributed by atoms with van der Waals surface area (Å²) in [7, 11) is 0. The van der Waals surface area contributed by atoms with E-state index in [1.54, 1.807) is 36.0 Å². The molecule has 0 saturated heterocycles. The zero-order valence-corrected chi connectivity index (χ0v) is 11.4. The number of carbonyl (C=O) groups excluding carboxylic acids is 1. The maximum absolute atomic E-state index is 12.0. The first-order valence-corrected chi connectivity index (χ1v) is 7.11. The summed E-state index contributed by atoms with van der Waals surface area (Å²) >= 11 is 1.55. The first kappa shape index (κ1) is 13.6. The van der Waals surface area contributed by atoms with E-state index in [-0.39, 0.29) is 0 Å². The van der Waals surface area contributed by atoms with Gasteiger partial charge in [0, 0.05) is 4.90 Å². The van der Waals surface area contributed by atoms with Crippen LogP contribution in [0.2, 0.25) is 0 Å². The number of nitrogens with one attached hydrogen (secondary N) is 1. The van der Waals surface area contributed by atoms with Crippen molar-refractivity contribution < 1.29 is 9.90 Å². The molecule has 2 rings (SSSR count). The second kappa shape index (κ2) is 6.41. The van der Waals surface area contributed by atoms with E-state index in [2.05, 4.69) is 5.32 Å². The summed E-state index contributed by atoms with van der Waals surface area (Å²) < 4.78 is 0. The van der Waals surface area contributed by atoms with E-state index in [1.807, 2.05) is 36.6 Å². The third-order valence-corrected chi connectivity index (χ3v) is 3.52. The van der Waals surface area contributed by atoms with E-state index in [9.17, 15) is 9.90 Å². The molecule has 0 radical (unpaired) electrons. The highest BCUT2D eigenvalue weighted by Gasteiger charge is 2.17. The predicted octanol–water partition coefficient (Wildman–Crippen LogP) is 3.08. The van der Waals surface area contributed by atoms with Crippen LogP contribution in [0.3, 0.4) is 0 Å². The average Bonchev–Trinajstić information content (AvgIpc) is 2.48. The Labute approximate surface area is 116 Å². The Morgan fingerprint density at radius 2 is 1.74 bits per heavy atom. The number of anilines is 1. The number of hydrogen-bond donors (Lipinski definition) is 2. The van der Waals surface area contributed by atoms with Crippen LogP contribution in [0.4, 0.5) is 5.69 Å². The zero-order valence-electron chi connectivity index (χ0n) is 10.5. The van der Waals surface area contributed by atoms with E-state index in [1.165, 1.54) is 0 Å². The minimum absolute atomic E-state index is 0.423. The minimum Gasteiger partial charge on any atom is -0.378 e. The van der Waals surface area contributed by atoms with Gasteiger partial charge in [-0.3, -0.25) is 4.79 Å². The molecule has 0 aliphatic heterocycles.